The lowest BCUT2D eigenvalue weighted by Gasteiger charge is -2.11. The van der Waals surface area contributed by atoms with Gasteiger partial charge >= 0.3 is 0 Å². The summed E-state index contributed by atoms with van der Waals surface area (Å²) in [6, 6.07) is 7.17. The van der Waals surface area contributed by atoms with Gasteiger partial charge in [0, 0.05) is 17.6 Å². The lowest BCUT2D eigenvalue weighted by Crippen LogP contribution is -1.95. The second-order valence-electron chi connectivity index (χ2n) is 5.25. The molecule has 0 amide bonds. The monoisotopic (exact) mass is 295 g/mol. The number of nitrogens with one attached hydrogen (secondary N) is 1. The van der Waals surface area contributed by atoms with Gasteiger partial charge in [-0.3, -0.25) is 5.10 Å². The summed E-state index contributed by atoms with van der Waals surface area (Å²) in [6.07, 6.45) is 4.17. The fraction of sp³-hybridized carbons (Fsp3) is 0.125. The van der Waals surface area contributed by atoms with Gasteiger partial charge in [-0.25, -0.2) is 8.91 Å². The van der Waals surface area contributed by atoms with E-state index in [2.05, 4.69) is 15.3 Å². The molecule has 3 aromatic heterocycles. The first-order chi connectivity index (χ1) is 10.7. The highest BCUT2D eigenvalue weighted by molar-refractivity contribution is 5.97. The number of aromatic amines is 1. The third-order valence-corrected chi connectivity index (χ3v) is 3.92. The van der Waals surface area contributed by atoms with E-state index in [0.717, 1.165) is 22.0 Å². The molecule has 0 spiro atoms. The van der Waals surface area contributed by atoms with Crippen LogP contribution in [0.25, 0.3) is 27.5 Å². The SMILES string of the molecule is CCc1c(F)cc2[nH]ncc2c1-c1ccn2nc(N)cc2c1. The number of rotatable bonds is 2. The Kier molecular flexibility index (Phi) is 2.66. The molecule has 4 aromatic rings. The quantitative estimate of drug-likeness (QED) is 0.596. The molecule has 0 radical (unpaired) electrons. The molecule has 22 heavy (non-hydrogen) atoms. The van der Waals surface area contributed by atoms with Crippen LogP contribution in [-0.2, 0) is 6.42 Å². The average molecular weight is 295 g/mol. The number of pyridine rings is 1. The molecule has 5 nitrogen and oxygen atoms in total. The van der Waals surface area contributed by atoms with E-state index >= 15 is 0 Å². The standard InChI is InChI=1S/C16H14FN5/c1-2-11-13(17)7-14-12(8-19-20-14)16(11)9-3-4-22-10(5-9)6-15(18)21-22/h3-8H,2H2,1H3,(H2,18,21)(H,19,20). The molecule has 110 valence electrons. The number of benzene rings is 1. The summed E-state index contributed by atoms with van der Waals surface area (Å²) in [5.41, 5.74) is 9.77. The molecular formula is C16H14FN5. The molecule has 0 bridgehead atoms. The van der Waals surface area contributed by atoms with Gasteiger partial charge in [-0.2, -0.15) is 10.2 Å². The van der Waals surface area contributed by atoms with Gasteiger partial charge in [-0.05, 0) is 41.3 Å². The number of hydrogen-bond donors (Lipinski definition) is 2. The maximum absolute atomic E-state index is 14.4. The van der Waals surface area contributed by atoms with Gasteiger partial charge in [0.15, 0.2) is 0 Å². The molecule has 0 saturated carbocycles. The molecule has 0 unspecified atom stereocenters. The van der Waals surface area contributed by atoms with E-state index in [0.29, 0.717) is 23.3 Å². The normalized spacial score (nSPS) is 11.5. The van der Waals surface area contributed by atoms with Crippen molar-refractivity contribution in [1.29, 1.82) is 0 Å². The highest BCUT2D eigenvalue weighted by atomic mass is 19.1. The number of nitrogen functional groups attached to an aromatic ring is 1. The van der Waals surface area contributed by atoms with Crippen molar-refractivity contribution in [2.24, 2.45) is 0 Å². The lowest BCUT2D eigenvalue weighted by molar-refractivity contribution is 0.614. The minimum atomic E-state index is -0.220. The van der Waals surface area contributed by atoms with Crippen molar-refractivity contribution in [3.8, 4) is 11.1 Å². The Morgan fingerprint density at radius 2 is 2.18 bits per heavy atom. The number of H-pyrrole nitrogens is 1. The van der Waals surface area contributed by atoms with Crippen LogP contribution in [0.3, 0.4) is 0 Å². The summed E-state index contributed by atoms with van der Waals surface area (Å²) in [4.78, 5) is 0. The van der Waals surface area contributed by atoms with Crippen LogP contribution >= 0.6 is 0 Å². The van der Waals surface area contributed by atoms with Gasteiger partial charge in [0.2, 0.25) is 0 Å². The zero-order valence-corrected chi connectivity index (χ0v) is 12.0. The lowest BCUT2D eigenvalue weighted by atomic mass is 9.94. The molecule has 1 aromatic carbocycles. The number of nitrogens with two attached hydrogens (primary N) is 1. The molecule has 3 N–H and O–H groups in total. The second-order valence-corrected chi connectivity index (χ2v) is 5.25. The van der Waals surface area contributed by atoms with Crippen LogP contribution in [0.5, 0.6) is 0 Å². The van der Waals surface area contributed by atoms with Gasteiger partial charge in [0.05, 0.1) is 17.2 Å². The smallest absolute Gasteiger partial charge is 0.146 e. The summed E-state index contributed by atoms with van der Waals surface area (Å²) >= 11 is 0. The number of anilines is 1. The van der Waals surface area contributed by atoms with Crippen LogP contribution in [0.15, 0.2) is 36.7 Å². The Morgan fingerprint density at radius 1 is 1.32 bits per heavy atom. The first-order valence-electron chi connectivity index (χ1n) is 7.07. The first-order valence-corrected chi connectivity index (χ1v) is 7.07. The van der Waals surface area contributed by atoms with E-state index in [9.17, 15) is 4.39 Å². The van der Waals surface area contributed by atoms with Gasteiger partial charge in [0.25, 0.3) is 0 Å². The zero-order valence-electron chi connectivity index (χ0n) is 12.0. The van der Waals surface area contributed by atoms with Crippen LogP contribution in [0.4, 0.5) is 10.2 Å². The number of halogens is 1. The van der Waals surface area contributed by atoms with Crippen LogP contribution < -0.4 is 5.73 Å². The molecule has 4 rings (SSSR count). The van der Waals surface area contributed by atoms with E-state index < -0.39 is 0 Å². The zero-order chi connectivity index (χ0) is 15.3. The van der Waals surface area contributed by atoms with Crippen molar-refractivity contribution >= 4 is 22.2 Å². The summed E-state index contributed by atoms with van der Waals surface area (Å²) in [5.74, 6) is 0.239. The Labute approximate surface area is 125 Å². The molecule has 0 fully saturated rings. The third-order valence-electron chi connectivity index (χ3n) is 3.92. The number of fused-ring (bicyclic) bond motifs is 2. The molecule has 6 heteroatoms. The Bertz CT molecular complexity index is 999. The number of hydrogen-bond acceptors (Lipinski definition) is 3. The summed E-state index contributed by atoms with van der Waals surface area (Å²) < 4.78 is 16.1. The Hall–Kier alpha value is -2.89. The summed E-state index contributed by atoms with van der Waals surface area (Å²) in [7, 11) is 0. The van der Waals surface area contributed by atoms with Crippen LogP contribution in [-0.4, -0.2) is 19.8 Å². The largest absolute Gasteiger partial charge is 0.382 e. The molecule has 0 aliphatic carbocycles. The van der Waals surface area contributed by atoms with Crippen LogP contribution in [0, 0.1) is 5.82 Å². The van der Waals surface area contributed by atoms with Gasteiger partial charge < -0.3 is 5.73 Å². The van der Waals surface area contributed by atoms with Crippen LogP contribution in [0.2, 0.25) is 0 Å². The van der Waals surface area contributed by atoms with Crippen molar-refractivity contribution in [2.75, 3.05) is 5.73 Å². The average Bonchev–Trinajstić information content (AvgIpc) is 3.09. The molecule has 0 saturated heterocycles. The van der Waals surface area contributed by atoms with E-state index in [-0.39, 0.29) is 5.82 Å². The van der Waals surface area contributed by atoms with Crippen molar-refractivity contribution < 1.29 is 4.39 Å². The molecule has 0 aliphatic rings. The van der Waals surface area contributed by atoms with Crippen LogP contribution in [0.1, 0.15) is 12.5 Å². The van der Waals surface area contributed by atoms with E-state index in [1.54, 1.807) is 16.8 Å². The Morgan fingerprint density at radius 3 is 3.00 bits per heavy atom. The molecule has 0 aliphatic heterocycles. The predicted molar refractivity (Wildman–Crippen MR) is 84.0 cm³/mol. The molecular weight excluding hydrogens is 281 g/mol. The highest BCUT2D eigenvalue weighted by Gasteiger charge is 2.16. The van der Waals surface area contributed by atoms with Gasteiger partial charge in [-0.1, -0.05) is 6.92 Å². The van der Waals surface area contributed by atoms with Crippen molar-refractivity contribution in [1.82, 2.24) is 19.8 Å². The van der Waals surface area contributed by atoms with Crippen molar-refractivity contribution in [3.05, 3.63) is 48.0 Å². The minimum absolute atomic E-state index is 0.220. The van der Waals surface area contributed by atoms with Crippen molar-refractivity contribution in [3.63, 3.8) is 0 Å². The fourth-order valence-corrected chi connectivity index (χ4v) is 2.95. The Balaban J connectivity index is 2.07. The van der Waals surface area contributed by atoms with Gasteiger partial charge in [0.1, 0.15) is 11.6 Å². The van der Waals surface area contributed by atoms with E-state index in [1.807, 2.05) is 25.3 Å². The second kappa shape index (κ2) is 4.56. The number of nitrogens with zero attached hydrogens (tertiary/aromatic N) is 3. The maximum atomic E-state index is 14.4. The van der Waals surface area contributed by atoms with Crippen molar-refractivity contribution in [2.45, 2.75) is 13.3 Å². The fourth-order valence-electron chi connectivity index (χ4n) is 2.95. The predicted octanol–water partition coefficient (Wildman–Crippen LogP) is 3.16. The highest BCUT2D eigenvalue weighted by Crippen LogP contribution is 2.34. The topological polar surface area (TPSA) is 72.0 Å². The van der Waals surface area contributed by atoms with E-state index in [4.69, 9.17) is 5.73 Å². The van der Waals surface area contributed by atoms with E-state index in [1.165, 1.54) is 6.07 Å². The first kappa shape index (κ1) is 12.8. The summed E-state index contributed by atoms with van der Waals surface area (Å²) in [5, 5.41) is 12.0. The number of aromatic nitrogens is 4. The maximum Gasteiger partial charge on any atom is 0.146 e. The third kappa shape index (κ3) is 1.77. The molecule has 3 heterocycles. The molecule has 0 atom stereocenters. The van der Waals surface area contributed by atoms with Gasteiger partial charge in [-0.15, -0.1) is 0 Å². The summed E-state index contributed by atoms with van der Waals surface area (Å²) in [6.45, 7) is 1.95. The minimum Gasteiger partial charge on any atom is -0.382 e.